The van der Waals surface area contributed by atoms with E-state index in [4.69, 9.17) is 0 Å². The lowest BCUT2D eigenvalue weighted by atomic mass is 9.90. The number of pyridine rings is 1. The van der Waals surface area contributed by atoms with Gasteiger partial charge in [-0.3, -0.25) is 4.98 Å². The van der Waals surface area contributed by atoms with Crippen LogP contribution in [0.4, 0.5) is 0 Å². The van der Waals surface area contributed by atoms with Crippen molar-refractivity contribution in [1.29, 1.82) is 0 Å². The number of carbonyl (C=O) groups is 1. The van der Waals surface area contributed by atoms with E-state index in [1.165, 1.54) is 0 Å². The summed E-state index contributed by atoms with van der Waals surface area (Å²) in [5.74, 6) is 0.118. The third kappa shape index (κ3) is 2.34. The summed E-state index contributed by atoms with van der Waals surface area (Å²) >= 11 is 0. The number of nitrogens with zero attached hydrogens (tertiary/aromatic N) is 1. The Balaban J connectivity index is 2.35. The molecular weight excluding hydrogens is 198 g/mol. The van der Waals surface area contributed by atoms with Crippen molar-refractivity contribution in [2.75, 3.05) is 0 Å². The second-order valence-electron chi connectivity index (χ2n) is 3.65. The van der Waals surface area contributed by atoms with E-state index in [-0.39, 0.29) is 5.92 Å². The van der Waals surface area contributed by atoms with E-state index in [0.717, 1.165) is 17.4 Å². The van der Waals surface area contributed by atoms with Gasteiger partial charge in [0.2, 0.25) is 0 Å². The molecule has 1 unspecified atom stereocenters. The molecular formula is C14H13NO. The molecule has 16 heavy (non-hydrogen) atoms. The molecule has 0 fully saturated rings. The second kappa shape index (κ2) is 5.21. The van der Waals surface area contributed by atoms with Gasteiger partial charge in [-0.05, 0) is 17.2 Å². The summed E-state index contributed by atoms with van der Waals surface area (Å²) in [4.78, 5) is 14.8. The number of hydrogen-bond donors (Lipinski definition) is 0. The topological polar surface area (TPSA) is 30.0 Å². The van der Waals surface area contributed by atoms with Crippen LogP contribution in [0.25, 0.3) is 0 Å². The Morgan fingerprint density at radius 1 is 1.06 bits per heavy atom. The minimum absolute atomic E-state index is 0.118. The highest BCUT2D eigenvalue weighted by molar-refractivity contribution is 5.54. The Bertz CT molecular complexity index is 399. The van der Waals surface area contributed by atoms with Gasteiger partial charge in [0, 0.05) is 24.7 Å². The maximum atomic E-state index is 10.7. The van der Waals surface area contributed by atoms with Gasteiger partial charge in [-0.15, -0.1) is 0 Å². The van der Waals surface area contributed by atoms with Gasteiger partial charge in [0.1, 0.15) is 6.29 Å². The third-order valence-corrected chi connectivity index (χ3v) is 2.62. The van der Waals surface area contributed by atoms with E-state index in [2.05, 4.69) is 4.98 Å². The summed E-state index contributed by atoms with van der Waals surface area (Å²) in [5.41, 5.74) is 2.24. The molecule has 0 aliphatic rings. The van der Waals surface area contributed by atoms with E-state index in [1.807, 2.05) is 48.7 Å². The van der Waals surface area contributed by atoms with Crippen LogP contribution in [0.2, 0.25) is 0 Å². The Morgan fingerprint density at radius 2 is 1.81 bits per heavy atom. The average Bonchev–Trinajstić information content (AvgIpc) is 2.38. The minimum Gasteiger partial charge on any atom is -0.303 e. The molecule has 1 heterocycles. The van der Waals surface area contributed by atoms with E-state index in [0.29, 0.717) is 6.42 Å². The maximum Gasteiger partial charge on any atom is 0.120 e. The zero-order valence-electron chi connectivity index (χ0n) is 8.91. The number of benzene rings is 1. The molecule has 2 rings (SSSR count). The molecule has 0 saturated heterocycles. The highest BCUT2D eigenvalue weighted by atomic mass is 16.1. The van der Waals surface area contributed by atoms with Crippen LogP contribution in [0.3, 0.4) is 0 Å². The maximum absolute atomic E-state index is 10.7. The van der Waals surface area contributed by atoms with Crippen LogP contribution >= 0.6 is 0 Å². The van der Waals surface area contributed by atoms with Crippen LogP contribution in [-0.2, 0) is 4.79 Å². The number of carbonyl (C=O) groups excluding carboxylic acids is 1. The lowest BCUT2D eigenvalue weighted by molar-refractivity contribution is -0.108. The summed E-state index contributed by atoms with van der Waals surface area (Å²) < 4.78 is 0. The van der Waals surface area contributed by atoms with Crippen LogP contribution in [0, 0.1) is 0 Å². The van der Waals surface area contributed by atoms with Gasteiger partial charge in [-0.2, -0.15) is 0 Å². The fourth-order valence-electron chi connectivity index (χ4n) is 1.83. The molecule has 2 aromatic rings. The molecule has 0 aliphatic heterocycles. The molecule has 1 aromatic heterocycles. The lowest BCUT2D eigenvalue weighted by Gasteiger charge is -2.14. The van der Waals surface area contributed by atoms with Gasteiger partial charge in [0.25, 0.3) is 0 Å². The fourth-order valence-corrected chi connectivity index (χ4v) is 1.83. The van der Waals surface area contributed by atoms with Gasteiger partial charge >= 0.3 is 0 Å². The van der Waals surface area contributed by atoms with Crippen LogP contribution in [0.15, 0.2) is 54.9 Å². The van der Waals surface area contributed by atoms with E-state index in [9.17, 15) is 4.79 Å². The number of rotatable bonds is 4. The lowest BCUT2D eigenvalue weighted by Crippen LogP contribution is -2.02. The molecule has 0 aliphatic carbocycles. The van der Waals surface area contributed by atoms with Gasteiger partial charge in [0.15, 0.2) is 0 Å². The third-order valence-electron chi connectivity index (χ3n) is 2.62. The first-order valence-corrected chi connectivity index (χ1v) is 5.30. The standard InChI is InChI=1S/C14H13NO/c16-10-8-14(12-5-2-1-3-6-12)13-7-4-9-15-11-13/h1-7,9-11,14H,8H2. The minimum atomic E-state index is 0.118. The van der Waals surface area contributed by atoms with Crippen molar-refractivity contribution in [2.45, 2.75) is 12.3 Å². The van der Waals surface area contributed by atoms with Crippen molar-refractivity contribution >= 4 is 6.29 Å². The zero-order valence-corrected chi connectivity index (χ0v) is 8.91. The van der Waals surface area contributed by atoms with Gasteiger partial charge in [0.05, 0.1) is 0 Å². The molecule has 0 spiro atoms. The first kappa shape index (κ1) is 10.6. The largest absolute Gasteiger partial charge is 0.303 e. The zero-order chi connectivity index (χ0) is 11.2. The molecule has 0 bridgehead atoms. The van der Waals surface area contributed by atoms with E-state index in [1.54, 1.807) is 6.20 Å². The van der Waals surface area contributed by atoms with E-state index < -0.39 is 0 Å². The number of hydrogen-bond acceptors (Lipinski definition) is 2. The summed E-state index contributed by atoms with van der Waals surface area (Å²) in [6.45, 7) is 0. The fraction of sp³-hybridized carbons (Fsp3) is 0.143. The molecule has 1 atom stereocenters. The predicted octanol–water partition coefficient (Wildman–Crippen LogP) is 2.80. The van der Waals surface area contributed by atoms with Crippen molar-refractivity contribution in [1.82, 2.24) is 4.98 Å². The molecule has 0 saturated carbocycles. The Morgan fingerprint density at radius 3 is 2.44 bits per heavy atom. The summed E-state index contributed by atoms with van der Waals surface area (Å²) in [5, 5.41) is 0. The first-order valence-electron chi connectivity index (χ1n) is 5.30. The molecule has 0 N–H and O–H groups in total. The average molecular weight is 211 g/mol. The number of aromatic nitrogens is 1. The Kier molecular flexibility index (Phi) is 3.44. The molecule has 1 aromatic carbocycles. The molecule has 80 valence electrons. The van der Waals surface area contributed by atoms with Crippen molar-refractivity contribution in [3.8, 4) is 0 Å². The molecule has 0 amide bonds. The van der Waals surface area contributed by atoms with Crippen LogP contribution in [0.1, 0.15) is 23.5 Å². The van der Waals surface area contributed by atoms with Crippen LogP contribution in [-0.4, -0.2) is 11.3 Å². The molecule has 0 radical (unpaired) electrons. The molecule has 2 nitrogen and oxygen atoms in total. The smallest absolute Gasteiger partial charge is 0.120 e. The number of aldehydes is 1. The predicted molar refractivity (Wildman–Crippen MR) is 63.2 cm³/mol. The monoisotopic (exact) mass is 211 g/mol. The highest BCUT2D eigenvalue weighted by Gasteiger charge is 2.12. The summed E-state index contributed by atoms with van der Waals surface area (Å²) in [6.07, 6.45) is 5.02. The van der Waals surface area contributed by atoms with Crippen molar-refractivity contribution in [3.63, 3.8) is 0 Å². The Labute approximate surface area is 95.0 Å². The van der Waals surface area contributed by atoms with Crippen molar-refractivity contribution in [2.24, 2.45) is 0 Å². The van der Waals surface area contributed by atoms with E-state index >= 15 is 0 Å². The highest BCUT2D eigenvalue weighted by Crippen LogP contribution is 2.26. The van der Waals surface area contributed by atoms with Crippen molar-refractivity contribution in [3.05, 3.63) is 66.0 Å². The van der Waals surface area contributed by atoms with Crippen LogP contribution < -0.4 is 0 Å². The first-order chi connectivity index (χ1) is 7.92. The van der Waals surface area contributed by atoms with Crippen LogP contribution in [0.5, 0.6) is 0 Å². The summed E-state index contributed by atoms with van der Waals surface area (Å²) in [6, 6.07) is 13.9. The van der Waals surface area contributed by atoms with Gasteiger partial charge < -0.3 is 4.79 Å². The van der Waals surface area contributed by atoms with Gasteiger partial charge in [-0.1, -0.05) is 36.4 Å². The Hall–Kier alpha value is -1.96. The van der Waals surface area contributed by atoms with Crippen molar-refractivity contribution < 1.29 is 4.79 Å². The SMILES string of the molecule is O=CCC(c1ccccc1)c1cccnc1. The summed E-state index contributed by atoms with van der Waals surface area (Å²) in [7, 11) is 0. The molecule has 2 heteroatoms. The van der Waals surface area contributed by atoms with Gasteiger partial charge in [-0.25, -0.2) is 0 Å². The normalized spacial score (nSPS) is 12.0. The quantitative estimate of drug-likeness (QED) is 0.728. The second-order valence-corrected chi connectivity index (χ2v) is 3.65.